The van der Waals surface area contributed by atoms with E-state index < -0.39 is 0 Å². The van der Waals surface area contributed by atoms with Crippen LogP contribution in [0, 0.1) is 13.8 Å². The maximum Gasteiger partial charge on any atom is 0.0645 e. The molecule has 3 heteroatoms. The van der Waals surface area contributed by atoms with Crippen LogP contribution in [0.1, 0.15) is 11.3 Å². The summed E-state index contributed by atoms with van der Waals surface area (Å²) in [5, 5.41) is 1.16. The van der Waals surface area contributed by atoms with Crippen LogP contribution in [0.5, 0.6) is 0 Å². The first kappa shape index (κ1) is 11.0. The molecule has 0 radical (unpaired) electrons. The highest BCUT2D eigenvalue weighted by molar-refractivity contribution is 5.88. The van der Waals surface area contributed by atoms with E-state index >= 15 is 0 Å². The molecule has 0 amide bonds. The van der Waals surface area contributed by atoms with E-state index in [4.69, 9.17) is 5.73 Å². The van der Waals surface area contributed by atoms with Crippen LogP contribution in [-0.4, -0.2) is 9.55 Å². The SMILES string of the molecule is Cc1cc2[nH]c(-c3ccc(C)n3C)cc2cc1N. The molecule has 0 atom stereocenters. The molecule has 3 aromatic rings. The minimum absolute atomic E-state index is 0.844. The number of nitrogens with zero attached hydrogens (tertiary/aromatic N) is 1. The Bertz CT molecular complexity index is 693. The van der Waals surface area contributed by atoms with Crippen LogP contribution < -0.4 is 5.73 Å². The standard InChI is InChI=1S/C15H17N3/c1-9-6-13-11(7-12(9)16)8-14(17-13)15-5-4-10(2)18(15)3/h4-8,17H,16H2,1-3H3. The fraction of sp³-hybridized carbons (Fsp3) is 0.200. The van der Waals surface area contributed by atoms with Crippen LogP contribution in [0.2, 0.25) is 0 Å². The van der Waals surface area contributed by atoms with Crippen LogP contribution in [0.3, 0.4) is 0 Å². The van der Waals surface area contributed by atoms with Gasteiger partial charge in [-0.3, -0.25) is 0 Å². The highest BCUT2D eigenvalue weighted by Gasteiger charge is 2.08. The predicted octanol–water partition coefficient (Wildman–Crippen LogP) is 3.37. The van der Waals surface area contributed by atoms with E-state index in [-0.39, 0.29) is 0 Å². The lowest BCUT2D eigenvalue weighted by Crippen LogP contribution is -1.93. The van der Waals surface area contributed by atoms with E-state index in [1.807, 2.05) is 13.0 Å². The molecule has 0 unspecified atom stereocenters. The van der Waals surface area contributed by atoms with Crippen molar-refractivity contribution in [2.24, 2.45) is 7.05 Å². The van der Waals surface area contributed by atoms with Gasteiger partial charge in [-0.25, -0.2) is 0 Å². The van der Waals surface area contributed by atoms with Gasteiger partial charge >= 0.3 is 0 Å². The Hall–Kier alpha value is -2.16. The number of hydrogen-bond donors (Lipinski definition) is 2. The molecular formula is C15H17N3. The van der Waals surface area contributed by atoms with Gasteiger partial charge in [0.25, 0.3) is 0 Å². The largest absolute Gasteiger partial charge is 0.398 e. The molecule has 0 saturated carbocycles. The first-order valence-corrected chi connectivity index (χ1v) is 6.08. The van der Waals surface area contributed by atoms with Crippen molar-refractivity contribution in [1.29, 1.82) is 0 Å². The van der Waals surface area contributed by atoms with E-state index in [1.165, 1.54) is 11.4 Å². The number of anilines is 1. The third-order valence-corrected chi connectivity index (χ3v) is 3.66. The van der Waals surface area contributed by atoms with Gasteiger partial charge in [-0.15, -0.1) is 0 Å². The quantitative estimate of drug-likeness (QED) is 0.628. The molecule has 3 rings (SSSR count). The zero-order valence-corrected chi connectivity index (χ0v) is 10.9. The van der Waals surface area contributed by atoms with Gasteiger partial charge < -0.3 is 15.3 Å². The average Bonchev–Trinajstić information content (AvgIpc) is 2.85. The summed E-state index contributed by atoms with van der Waals surface area (Å²) in [5.41, 5.74) is 12.6. The molecule has 0 aliphatic carbocycles. The highest BCUT2D eigenvalue weighted by atomic mass is 15.0. The summed E-state index contributed by atoms with van der Waals surface area (Å²) in [6, 6.07) is 10.5. The molecule has 92 valence electrons. The van der Waals surface area contributed by atoms with Gasteiger partial charge in [0.15, 0.2) is 0 Å². The Morgan fingerprint density at radius 1 is 1.11 bits per heavy atom. The van der Waals surface area contributed by atoms with Crippen LogP contribution in [0.25, 0.3) is 22.3 Å². The Kier molecular flexibility index (Phi) is 2.23. The number of aryl methyl sites for hydroxylation is 2. The van der Waals surface area contributed by atoms with Gasteiger partial charge in [0.05, 0.1) is 11.4 Å². The summed E-state index contributed by atoms with van der Waals surface area (Å²) in [4.78, 5) is 3.46. The lowest BCUT2D eigenvalue weighted by molar-refractivity contribution is 0.888. The molecule has 3 N–H and O–H groups in total. The van der Waals surface area contributed by atoms with Crippen molar-refractivity contribution in [2.45, 2.75) is 13.8 Å². The van der Waals surface area contributed by atoms with Gasteiger partial charge in [-0.05, 0) is 49.7 Å². The minimum atomic E-state index is 0.844. The molecular weight excluding hydrogens is 222 g/mol. The van der Waals surface area contributed by atoms with E-state index in [9.17, 15) is 0 Å². The van der Waals surface area contributed by atoms with E-state index in [2.05, 4.69) is 47.8 Å². The van der Waals surface area contributed by atoms with Crippen molar-refractivity contribution < 1.29 is 0 Å². The number of aromatic amines is 1. The zero-order chi connectivity index (χ0) is 12.9. The van der Waals surface area contributed by atoms with Crippen molar-refractivity contribution in [3.63, 3.8) is 0 Å². The number of aromatic nitrogens is 2. The van der Waals surface area contributed by atoms with E-state index in [0.29, 0.717) is 0 Å². The number of nitrogens with two attached hydrogens (primary N) is 1. The first-order chi connectivity index (χ1) is 8.56. The van der Waals surface area contributed by atoms with Crippen molar-refractivity contribution in [2.75, 3.05) is 5.73 Å². The normalized spacial score (nSPS) is 11.3. The molecule has 1 aromatic carbocycles. The summed E-state index contributed by atoms with van der Waals surface area (Å²) < 4.78 is 2.18. The highest BCUT2D eigenvalue weighted by Crippen LogP contribution is 2.28. The van der Waals surface area contributed by atoms with Gasteiger partial charge in [0.1, 0.15) is 0 Å². The van der Waals surface area contributed by atoms with Crippen molar-refractivity contribution in [1.82, 2.24) is 9.55 Å². The smallest absolute Gasteiger partial charge is 0.0645 e. The second kappa shape index (κ2) is 3.67. The monoisotopic (exact) mass is 239 g/mol. The first-order valence-electron chi connectivity index (χ1n) is 6.08. The maximum atomic E-state index is 5.95. The van der Waals surface area contributed by atoms with Crippen molar-refractivity contribution in [3.05, 3.63) is 41.6 Å². The molecule has 0 fully saturated rings. The lowest BCUT2D eigenvalue weighted by Gasteiger charge is -2.02. The number of hydrogen-bond acceptors (Lipinski definition) is 1. The van der Waals surface area contributed by atoms with Crippen molar-refractivity contribution in [3.8, 4) is 11.4 Å². The van der Waals surface area contributed by atoms with E-state index in [0.717, 1.165) is 27.8 Å². The number of benzene rings is 1. The molecule has 0 bridgehead atoms. The zero-order valence-electron chi connectivity index (χ0n) is 10.9. The Morgan fingerprint density at radius 2 is 1.89 bits per heavy atom. The van der Waals surface area contributed by atoms with Crippen molar-refractivity contribution >= 4 is 16.6 Å². The summed E-state index contributed by atoms with van der Waals surface area (Å²) in [6.45, 7) is 4.14. The molecule has 2 aromatic heterocycles. The second-order valence-electron chi connectivity index (χ2n) is 4.90. The maximum absolute atomic E-state index is 5.95. The lowest BCUT2D eigenvalue weighted by atomic mass is 10.1. The van der Waals surface area contributed by atoms with Gasteiger partial charge in [0, 0.05) is 29.3 Å². The number of nitrogen functional groups attached to an aromatic ring is 1. The fourth-order valence-electron chi connectivity index (χ4n) is 2.33. The number of nitrogens with one attached hydrogen (secondary N) is 1. The molecule has 3 nitrogen and oxygen atoms in total. The van der Waals surface area contributed by atoms with Gasteiger partial charge in [-0.1, -0.05) is 0 Å². The van der Waals surface area contributed by atoms with Crippen LogP contribution in [0.15, 0.2) is 30.3 Å². The molecule has 0 spiro atoms. The summed E-state index contributed by atoms with van der Waals surface area (Å²) >= 11 is 0. The Morgan fingerprint density at radius 3 is 2.56 bits per heavy atom. The molecule has 0 aliphatic heterocycles. The third kappa shape index (κ3) is 1.51. The van der Waals surface area contributed by atoms with Crippen LogP contribution in [-0.2, 0) is 7.05 Å². The third-order valence-electron chi connectivity index (χ3n) is 3.66. The number of H-pyrrole nitrogens is 1. The Labute approximate surface area is 106 Å². The van der Waals surface area contributed by atoms with Gasteiger partial charge in [-0.2, -0.15) is 0 Å². The Balaban J connectivity index is 2.22. The van der Waals surface area contributed by atoms with E-state index in [1.54, 1.807) is 0 Å². The molecule has 18 heavy (non-hydrogen) atoms. The number of rotatable bonds is 1. The molecule has 0 saturated heterocycles. The topological polar surface area (TPSA) is 46.7 Å². The number of fused-ring (bicyclic) bond motifs is 1. The van der Waals surface area contributed by atoms with Crippen LogP contribution in [0.4, 0.5) is 5.69 Å². The van der Waals surface area contributed by atoms with Crippen LogP contribution >= 0.6 is 0 Å². The fourth-order valence-corrected chi connectivity index (χ4v) is 2.33. The molecule has 0 aliphatic rings. The van der Waals surface area contributed by atoms with Gasteiger partial charge in [0.2, 0.25) is 0 Å². The average molecular weight is 239 g/mol. The summed E-state index contributed by atoms with van der Waals surface area (Å²) in [6.07, 6.45) is 0. The minimum Gasteiger partial charge on any atom is -0.398 e. The summed E-state index contributed by atoms with van der Waals surface area (Å²) in [7, 11) is 2.08. The second-order valence-corrected chi connectivity index (χ2v) is 4.90. The predicted molar refractivity (Wildman–Crippen MR) is 76.6 cm³/mol. The summed E-state index contributed by atoms with van der Waals surface area (Å²) in [5.74, 6) is 0. The molecule has 2 heterocycles.